The highest BCUT2D eigenvalue weighted by Crippen LogP contribution is 2.25. The van der Waals surface area contributed by atoms with Gasteiger partial charge in [0.25, 0.3) is 0 Å². The molecule has 3 nitrogen and oxygen atoms in total. The second-order valence-electron chi connectivity index (χ2n) is 3.76. The van der Waals surface area contributed by atoms with Gasteiger partial charge in [0.05, 0.1) is 17.7 Å². The molecule has 0 atom stereocenters. The van der Waals surface area contributed by atoms with Gasteiger partial charge in [-0.25, -0.2) is 0 Å². The minimum Gasteiger partial charge on any atom is -0.496 e. The maximum atomic E-state index is 8.39. The minimum absolute atomic E-state index is 0.649. The van der Waals surface area contributed by atoms with E-state index < -0.39 is 0 Å². The second-order valence-corrected chi connectivity index (χ2v) is 4.62. The number of ether oxygens (including phenoxy) is 1. The normalized spacial score (nSPS) is 9.94. The van der Waals surface area contributed by atoms with Gasteiger partial charge in [-0.1, -0.05) is 6.07 Å². The van der Waals surface area contributed by atoms with E-state index in [9.17, 15) is 0 Å². The number of nitrogens with zero attached hydrogens (tertiary/aromatic N) is 1. The zero-order valence-corrected chi connectivity index (χ0v) is 11.6. The summed E-state index contributed by atoms with van der Waals surface area (Å²) in [4.78, 5) is 0. The zero-order chi connectivity index (χ0) is 12.5. The molecule has 0 aromatic heterocycles. The average molecular weight is 297 g/mol. The molecular formula is C13H17BrN2O. The number of nitriles is 1. The molecule has 1 aromatic rings. The van der Waals surface area contributed by atoms with Crippen molar-refractivity contribution in [1.29, 1.82) is 5.26 Å². The first-order valence-corrected chi connectivity index (χ1v) is 6.47. The maximum Gasteiger partial charge on any atom is 0.133 e. The van der Waals surface area contributed by atoms with Crippen LogP contribution in [0.2, 0.25) is 0 Å². The number of unbranched alkanes of at least 4 members (excludes halogenated alkanes) is 2. The molecule has 0 saturated heterocycles. The summed E-state index contributed by atoms with van der Waals surface area (Å²) in [6, 6.07) is 8.21. The molecule has 0 aliphatic heterocycles. The summed E-state index contributed by atoms with van der Waals surface area (Å²) >= 11 is 3.46. The van der Waals surface area contributed by atoms with Crippen LogP contribution in [0, 0.1) is 11.3 Å². The quantitative estimate of drug-likeness (QED) is 0.786. The highest BCUT2D eigenvalue weighted by atomic mass is 79.9. The molecule has 0 saturated carbocycles. The summed E-state index contributed by atoms with van der Waals surface area (Å²) in [6.07, 6.45) is 2.66. The van der Waals surface area contributed by atoms with Crippen molar-refractivity contribution in [3.8, 4) is 11.8 Å². The van der Waals surface area contributed by atoms with Crippen LogP contribution in [0.3, 0.4) is 0 Å². The number of benzene rings is 1. The fourth-order valence-corrected chi connectivity index (χ4v) is 2.09. The predicted molar refractivity (Wildman–Crippen MR) is 71.9 cm³/mol. The lowest BCUT2D eigenvalue weighted by atomic mass is 10.2. The molecule has 0 spiro atoms. The molecule has 1 aromatic carbocycles. The fourth-order valence-electron chi connectivity index (χ4n) is 1.51. The molecule has 4 heteroatoms. The van der Waals surface area contributed by atoms with Crippen molar-refractivity contribution in [2.75, 3.05) is 13.7 Å². The summed E-state index contributed by atoms with van der Waals surface area (Å²) in [6.45, 7) is 1.79. The van der Waals surface area contributed by atoms with E-state index >= 15 is 0 Å². The summed E-state index contributed by atoms with van der Waals surface area (Å²) in [7, 11) is 1.66. The van der Waals surface area contributed by atoms with Gasteiger partial charge in [-0.05, 0) is 53.0 Å². The molecule has 0 radical (unpaired) electrons. The lowest BCUT2D eigenvalue weighted by Gasteiger charge is -2.07. The van der Waals surface area contributed by atoms with Crippen molar-refractivity contribution in [3.05, 3.63) is 28.2 Å². The highest BCUT2D eigenvalue weighted by molar-refractivity contribution is 9.10. The Bertz CT molecular complexity index is 387. The van der Waals surface area contributed by atoms with Gasteiger partial charge < -0.3 is 10.1 Å². The number of rotatable bonds is 7. The molecule has 0 heterocycles. The average Bonchev–Trinajstić information content (AvgIpc) is 2.34. The first-order valence-electron chi connectivity index (χ1n) is 5.68. The van der Waals surface area contributed by atoms with Crippen molar-refractivity contribution in [2.45, 2.75) is 25.8 Å². The highest BCUT2D eigenvalue weighted by Gasteiger charge is 2.00. The maximum absolute atomic E-state index is 8.39. The van der Waals surface area contributed by atoms with E-state index in [4.69, 9.17) is 10.00 Å². The molecular weight excluding hydrogens is 280 g/mol. The van der Waals surface area contributed by atoms with Crippen LogP contribution in [0.5, 0.6) is 5.75 Å². The smallest absolute Gasteiger partial charge is 0.133 e. The molecule has 1 N–H and O–H groups in total. The molecule has 0 aliphatic rings. The van der Waals surface area contributed by atoms with Crippen molar-refractivity contribution in [2.24, 2.45) is 0 Å². The number of halogens is 1. The van der Waals surface area contributed by atoms with Crippen molar-refractivity contribution < 1.29 is 4.74 Å². The number of hydrogen-bond donors (Lipinski definition) is 1. The Labute approximate surface area is 111 Å². The summed E-state index contributed by atoms with van der Waals surface area (Å²) in [5.74, 6) is 0.850. The van der Waals surface area contributed by atoms with Gasteiger partial charge in [-0.3, -0.25) is 0 Å². The van der Waals surface area contributed by atoms with Gasteiger partial charge in [-0.2, -0.15) is 5.26 Å². The number of methoxy groups -OCH3 is 1. The van der Waals surface area contributed by atoms with E-state index in [1.54, 1.807) is 7.11 Å². The lowest BCUT2D eigenvalue weighted by molar-refractivity contribution is 0.412. The number of hydrogen-bond acceptors (Lipinski definition) is 3. The van der Waals surface area contributed by atoms with E-state index in [1.165, 1.54) is 5.56 Å². The Morgan fingerprint density at radius 3 is 2.88 bits per heavy atom. The molecule has 0 amide bonds. The Morgan fingerprint density at radius 1 is 1.41 bits per heavy atom. The van der Waals surface area contributed by atoms with Gasteiger partial charge in [0, 0.05) is 13.0 Å². The molecule has 0 bridgehead atoms. The Balaban J connectivity index is 2.28. The second kappa shape index (κ2) is 8.10. The third-order valence-corrected chi connectivity index (χ3v) is 3.06. The summed E-state index contributed by atoms with van der Waals surface area (Å²) in [5, 5.41) is 11.7. The largest absolute Gasteiger partial charge is 0.496 e. The predicted octanol–water partition coefficient (Wildman–Crippen LogP) is 3.24. The first-order chi connectivity index (χ1) is 8.27. The van der Waals surface area contributed by atoms with E-state index in [0.717, 1.165) is 36.2 Å². The van der Waals surface area contributed by atoms with Gasteiger partial charge in [0.1, 0.15) is 5.75 Å². The van der Waals surface area contributed by atoms with E-state index in [1.807, 2.05) is 12.1 Å². The van der Waals surface area contributed by atoms with E-state index in [-0.39, 0.29) is 0 Å². The summed E-state index contributed by atoms with van der Waals surface area (Å²) < 4.78 is 6.15. The van der Waals surface area contributed by atoms with Crippen LogP contribution in [0.25, 0.3) is 0 Å². The SMILES string of the molecule is COc1ccc(CNCCCCC#N)cc1Br. The third kappa shape index (κ3) is 5.20. The molecule has 92 valence electrons. The minimum atomic E-state index is 0.649. The molecule has 0 fully saturated rings. The Morgan fingerprint density at radius 2 is 2.24 bits per heavy atom. The lowest BCUT2D eigenvalue weighted by Crippen LogP contribution is -2.14. The van der Waals surface area contributed by atoms with Crippen molar-refractivity contribution >= 4 is 15.9 Å². The standard InChI is InChI=1S/C13H17BrN2O/c1-17-13-6-5-11(9-12(13)14)10-16-8-4-2-3-7-15/h5-6,9,16H,2-4,8,10H2,1H3. The molecule has 0 aliphatic carbocycles. The Hall–Kier alpha value is -1.05. The van der Waals surface area contributed by atoms with Gasteiger partial charge in [0.15, 0.2) is 0 Å². The van der Waals surface area contributed by atoms with E-state index in [2.05, 4.69) is 33.4 Å². The number of nitrogens with one attached hydrogen (secondary N) is 1. The molecule has 1 rings (SSSR count). The third-order valence-electron chi connectivity index (χ3n) is 2.44. The van der Waals surface area contributed by atoms with Crippen LogP contribution < -0.4 is 10.1 Å². The topological polar surface area (TPSA) is 45.0 Å². The molecule has 17 heavy (non-hydrogen) atoms. The van der Waals surface area contributed by atoms with Gasteiger partial charge >= 0.3 is 0 Å². The summed E-state index contributed by atoms with van der Waals surface area (Å²) in [5.41, 5.74) is 1.22. The van der Waals surface area contributed by atoms with E-state index in [0.29, 0.717) is 6.42 Å². The van der Waals surface area contributed by atoms with Crippen LogP contribution in [-0.2, 0) is 6.54 Å². The van der Waals surface area contributed by atoms with Crippen LogP contribution in [0.4, 0.5) is 0 Å². The molecule has 0 unspecified atom stereocenters. The first kappa shape index (κ1) is 14.0. The van der Waals surface area contributed by atoms with Crippen LogP contribution >= 0.6 is 15.9 Å². The van der Waals surface area contributed by atoms with Crippen LogP contribution in [0.15, 0.2) is 22.7 Å². The van der Waals surface area contributed by atoms with Crippen LogP contribution in [0.1, 0.15) is 24.8 Å². The Kier molecular flexibility index (Phi) is 6.68. The monoisotopic (exact) mass is 296 g/mol. The van der Waals surface area contributed by atoms with Gasteiger partial charge in [0.2, 0.25) is 0 Å². The van der Waals surface area contributed by atoms with Crippen LogP contribution in [-0.4, -0.2) is 13.7 Å². The fraction of sp³-hybridized carbons (Fsp3) is 0.462. The van der Waals surface area contributed by atoms with Gasteiger partial charge in [-0.15, -0.1) is 0 Å². The van der Waals surface area contributed by atoms with Crippen molar-refractivity contribution in [1.82, 2.24) is 5.32 Å². The zero-order valence-electron chi connectivity index (χ0n) is 10.0. The van der Waals surface area contributed by atoms with Crippen molar-refractivity contribution in [3.63, 3.8) is 0 Å².